The van der Waals surface area contributed by atoms with Gasteiger partial charge in [0.1, 0.15) is 29.3 Å². The van der Waals surface area contributed by atoms with Gasteiger partial charge in [0.05, 0.1) is 27.7 Å². The minimum absolute atomic E-state index is 0.340. The second-order valence-electron chi connectivity index (χ2n) is 5.37. The molecule has 0 atom stereocenters. The van der Waals surface area contributed by atoms with Gasteiger partial charge in [0.25, 0.3) is 0 Å². The number of halogens is 1. The Morgan fingerprint density at radius 1 is 1.19 bits per heavy atom. The largest absolute Gasteiger partial charge is 0.384 e. The first-order valence-electron chi connectivity index (χ1n) is 7.54. The summed E-state index contributed by atoms with van der Waals surface area (Å²) in [7, 11) is 0. The smallest absolute Gasteiger partial charge is 0.159 e. The maximum absolute atomic E-state index is 9.35. The number of imidazole rings is 1. The van der Waals surface area contributed by atoms with Gasteiger partial charge in [-0.3, -0.25) is 0 Å². The maximum Gasteiger partial charge on any atom is 0.159 e. The van der Waals surface area contributed by atoms with Gasteiger partial charge in [-0.05, 0) is 18.2 Å². The number of nitrogen functional groups attached to an aromatic ring is 1. The number of rotatable bonds is 3. The van der Waals surface area contributed by atoms with Gasteiger partial charge in [-0.25, -0.2) is 19.9 Å². The number of nitriles is 1. The third-order valence-electron chi connectivity index (χ3n) is 3.71. The number of nitrogens with one attached hydrogen (secondary N) is 2. The third kappa shape index (κ3) is 2.76. The molecule has 0 bridgehead atoms. The Morgan fingerprint density at radius 3 is 2.88 bits per heavy atom. The van der Waals surface area contributed by atoms with Crippen molar-refractivity contribution in [3.8, 4) is 17.5 Å². The van der Waals surface area contributed by atoms with Crippen LogP contribution in [0.1, 0.15) is 5.56 Å². The molecule has 0 amide bonds. The fraction of sp³-hybridized carbons (Fsp3) is 0. The van der Waals surface area contributed by atoms with Gasteiger partial charge in [-0.1, -0.05) is 17.7 Å². The lowest BCUT2D eigenvalue weighted by Gasteiger charge is -2.05. The van der Waals surface area contributed by atoms with E-state index in [1.165, 1.54) is 6.33 Å². The normalized spacial score (nSPS) is 10.6. The van der Waals surface area contributed by atoms with Gasteiger partial charge in [0, 0.05) is 12.3 Å². The van der Waals surface area contributed by atoms with Crippen LogP contribution < -0.4 is 11.1 Å². The first kappa shape index (κ1) is 15.8. The van der Waals surface area contributed by atoms with Crippen molar-refractivity contribution >= 4 is 40.1 Å². The Balaban J connectivity index is 1.83. The fourth-order valence-corrected chi connectivity index (χ4v) is 2.83. The Labute approximate surface area is 152 Å². The zero-order valence-electron chi connectivity index (χ0n) is 13.2. The van der Waals surface area contributed by atoms with E-state index in [2.05, 4.69) is 36.3 Å². The fourth-order valence-electron chi connectivity index (χ4n) is 2.57. The molecule has 3 aromatic heterocycles. The molecule has 0 saturated carbocycles. The highest BCUT2D eigenvalue weighted by Gasteiger charge is 2.16. The van der Waals surface area contributed by atoms with Crippen molar-refractivity contribution in [2.75, 3.05) is 11.1 Å². The summed E-state index contributed by atoms with van der Waals surface area (Å²) < 4.78 is 0. The van der Waals surface area contributed by atoms with Crippen LogP contribution in [0.4, 0.5) is 17.5 Å². The number of nitrogens with two attached hydrogens (primary N) is 1. The second kappa shape index (κ2) is 6.31. The summed E-state index contributed by atoms with van der Waals surface area (Å²) in [6, 6.07) is 10.6. The lowest BCUT2D eigenvalue weighted by molar-refractivity contribution is 1.17. The molecule has 0 spiro atoms. The number of aromatic nitrogens is 5. The predicted octanol–water partition coefficient (Wildman–Crippen LogP) is 3.27. The number of nitrogens with zero attached hydrogens (tertiary/aromatic N) is 5. The van der Waals surface area contributed by atoms with Crippen molar-refractivity contribution in [3.05, 3.63) is 53.4 Å². The van der Waals surface area contributed by atoms with Gasteiger partial charge in [0.2, 0.25) is 0 Å². The van der Waals surface area contributed by atoms with Crippen molar-refractivity contribution < 1.29 is 0 Å². The van der Waals surface area contributed by atoms with Crippen molar-refractivity contribution in [2.24, 2.45) is 0 Å². The molecule has 0 aliphatic heterocycles. The van der Waals surface area contributed by atoms with Gasteiger partial charge in [-0.15, -0.1) is 0 Å². The molecule has 1 aromatic carbocycles. The highest BCUT2D eigenvalue weighted by Crippen LogP contribution is 2.32. The van der Waals surface area contributed by atoms with E-state index in [9.17, 15) is 5.26 Å². The molecule has 126 valence electrons. The maximum atomic E-state index is 9.35. The number of fused-ring (bicyclic) bond motifs is 1. The average molecular weight is 363 g/mol. The van der Waals surface area contributed by atoms with Crippen LogP contribution >= 0.6 is 11.6 Å². The van der Waals surface area contributed by atoms with Crippen LogP contribution in [0.15, 0.2) is 42.9 Å². The molecule has 9 heteroatoms. The summed E-state index contributed by atoms with van der Waals surface area (Å²) in [5.74, 6) is 1.82. The predicted molar refractivity (Wildman–Crippen MR) is 98.8 cm³/mol. The van der Waals surface area contributed by atoms with Crippen LogP contribution in [0, 0.1) is 11.3 Å². The zero-order chi connectivity index (χ0) is 18.1. The third-order valence-corrected chi connectivity index (χ3v) is 4.02. The number of hydrogen-bond donors (Lipinski definition) is 3. The van der Waals surface area contributed by atoms with E-state index in [-0.39, 0.29) is 0 Å². The van der Waals surface area contributed by atoms with Gasteiger partial charge >= 0.3 is 0 Å². The molecule has 4 rings (SSSR count). The minimum Gasteiger partial charge on any atom is -0.384 e. The summed E-state index contributed by atoms with van der Waals surface area (Å²) in [6.07, 6.45) is 2.99. The van der Waals surface area contributed by atoms with Crippen molar-refractivity contribution in [2.45, 2.75) is 0 Å². The summed E-state index contributed by atoms with van der Waals surface area (Å²) in [4.78, 5) is 20.0. The van der Waals surface area contributed by atoms with Crippen LogP contribution in [0.25, 0.3) is 22.4 Å². The SMILES string of the molecule is N#Cc1cccc(Cl)c1-c1nc2c(Nc3cc(N)ncn3)nccc2[nH]1. The molecule has 26 heavy (non-hydrogen) atoms. The first-order chi connectivity index (χ1) is 12.7. The lowest BCUT2D eigenvalue weighted by Crippen LogP contribution is -1.99. The Hall–Kier alpha value is -3.70. The van der Waals surface area contributed by atoms with Gasteiger partial charge < -0.3 is 16.0 Å². The van der Waals surface area contributed by atoms with E-state index < -0.39 is 0 Å². The van der Waals surface area contributed by atoms with Crippen molar-refractivity contribution in [3.63, 3.8) is 0 Å². The standard InChI is InChI=1S/C17H11ClN8/c18-10-3-1-2-9(7-19)14(10)16-24-11-4-5-21-17(15(11)26-16)25-13-6-12(20)22-8-23-13/h1-6,8H,(H,24,26)(H3,20,21,22,23,25). The molecule has 0 radical (unpaired) electrons. The number of hydrogen-bond acceptors (Lipinski definition) is 7. The number of aromatic amines is 1. The molecule has 0 saturated heterocycles. The Bertz CT molecular complexity index is 1160. The van der Waals surface area contributed by atoms with E-state index in [1.54, 1.807) is 36.5 Å². The van der Waals surface area contributed by atoms with E-state index in [0.29, 0.717) is 44.9 Å². The molecular formula is C17H11ClN8. The van der Waals surface area contributed by atoms with Crippen LogP contribution in [0.5, 0.6) is 0 Å². The highest BCUT2D eigenvalue weighted by atomic mass is 35.5. The molecule has 0 aliphatic carbocycles. The van der Waals surface area contributed by atoms with Gasteiger partial charge in [-0.2, -0.15) is 5.26 Å². The van der Waals surface area contributed by atoms with E-state index >= 15 is 0 Å². The van der Waals surface area contributed by atoms with E-state index in [4.69, 9.17) is 17.3 Å². The van der Waals surface area contributed by atoms with Crippen LogP contribution in [-0.4, -0.2) is 24.9 Å². The highest BCUT2D eigenvalue weighted by molar-refractivity contribution is 6.33. The van der Waals surface area contributed by atoms with Crippen molar-refractivity contribution in [1.82, 2.24) is 24.9 Å². The number of benzene rings is 1. The molecule has 4 N–H and O–H groups in total. The Morgan fingerprint density at radius 2 is 2.08 bits per heavy atom. The molecule has 0 unspecified atom stereocenters. The van der Waals surface area contributed by atoms with E-state index in [0.717, 1.165) is 5.52 Å². The second-order valence-corrected chi connectivity index (χ2v) is 5.78. The van der Waals surface area contributed by atoms with Crippen LogP contribution in [-0.2, 0) is 0 Å². The quantitative estimate of drug-likeness (QED) is 0.510. The van der Waals surface area contributed by atoms with E-state index in [1.807, 2.05) is 0 Å². The van der Waals surface area contributed by atoms with Crippen LogP contribution in [0.3, 0.4) is 0 Å². The summed E-state index contributed by atoms with van der Waals surface area (Å²) >= 11 is 6.28. The summed E-state index contributed by atoms with van der Waals surface area (Å²) in [6.45, 7) is 0. The summed E-state index contributed by atoms with van der Waals surface area (Å²) in [5, 5.41) is 12.9. The van der Waals surface area contributed by atoms with Crippen LogP contribution in [0.2, 0.25) is 5.02 Å². The van der Waals surface area contributed by atoms with Crippen molar-refractivity contribution in [1.29, 1.82) is 5.26 Å². The molecule has 0 fully saturated rings. The first-order valence-corrected chi connectivity index (χ1v) is 7.92. The molecule has 0 aliphatic rings. The number of pyridine rings is 1. The molecule has 4 aromatic rings. The van der Waals surface area contributed by atoms with Gasteiger partial charge in [0.15, 0.2) is 5.82 Å². The molecule has 3 heterocycles. The number of H-pyrrole nitrogens is 1. The molecule has 8 nitrogen and oxygen atoms in total. The minimum atomic E-state index is 0.340. The lowest BCUT2D eigenvalue weighted by atomic mass is 10.1. The number of anilines is 3. The topological polar surface area (TPSA) is 129 Å². The average Bonchev–Trinajstić information content (AvgIpc) is 3.06. The summed E-state index contributed by atoms with van der Waals surface area (Å²) in [5.41, 5.74) is 7.98. The zero-order valence-corrected chi connectivity index (χ0v) is 14.0. The Kier molecular flexibility index (Phi) is 3.84. The molecular weight excluding hydrogens is 352 g/mol. The monoisotopic (exact) mass is 362 g/mol.